The van der Waals surface area contributed by atoms with Gasteiger partial charge in [0.05, 0.1) is 11.4 Å². The average Bonchev–Trinajstić information content (AvgIpc) is 2.63. The van der Waals surface area contributed by atoms with Gasteiger partial charge in [-0.1, -0.05) is 42.5 Å². The highest BCUT2D eigenvalue weighted by molar-refractivity contribution is 6.09. The van der Waals surface area contributed by atoms with E-state index in [0.717, 1.165) is 5.69 Å². The Kier molecular flexibility index (Phi) is 4.76. The SMILES string of the molecule is O=C(Nc1cccc(Nc2ccccc2)c1C(=O)O)c1ccccc1. The average molecular weight is 332 g/mol. The normalized spacial score (nSPS) is 10.1. The highest BCUT2D eigenvalue weighted by Gasteiger charge is 2.18. The van der Waals surface area contributed by atoms with E-state index in [2.05, 4.69) is 10.6 Å². The number of aromatic carboxylic acids is 1. The Balaban J connectivity index is 1.93. The van der Waals surface area contributed by atoms with Gasteiger partial charge in [-0.05, 0) is 36.4 Å². The molecule has 124 valence electrons. The number of amides is 1. The van der Waals surface area contributed by atoms with Gasteiger partial charge in [0.1, 0.15) is 5.56 Å². The minimum absolute atomic E-state index is 0.00985. The van der Waals surface area contributed by atoms with Crippen molar-refractivity contribution in [2.45, 2.75) is 0 Å². The van der Waals surface area contributed by atoms with E-state index in [4.69, 9.17) is 0 Å². The lowest BCUT2D eigenvalue weighted by atomic mass is 10.1. The molecule has 0 saturated carbocycles. The zero-order valence-electron chi connectivity index (χ0n) is 13.3. The molecule has 0 aromatic heterocycles. The maximum Gasteiger partial charge on any atom is 0.339 e. The van der Waals surface area contributed by atoms with Crippen LogP contribution in [0.4, 0.5) is 17.1 Å². The maximum atomic E-state index is 12.3. The van der Waals surface area contributed by atoms with Gasteiger partial charge in [0.2, 0.25) is 0 Å². The molecule has 0 fully saturated rings. The molecule has 3 rings (SSSR count). The van der Waals surface area contributed by atoms with Crippen LogP contribution in [0.2, 0.25) is 0 Å². The van der Waals surface area contributed by atoms with E-state index in [1.54, 1.807) is 42.5 Å². The van der Waals surface area contributed by atoms with Gasteiger partial charge >= 0.3 is 5.97 Å². The molecule has 5 heteroatoms. The molecule has 3 N–H and O–H groups in total. The van der Waals surface area contributed by atoms with Crippen molar-refractivity contribution in [3.8, 4) is 0 Å². The number of hydrogen-bond acceptors (Lipinski definition) is 3. The molecule has 0 unspecified atom stereocenters. The first-order valence-electron chi connectivity index (χ1n) is 7.70. The van der Waals surface area contributed by atoms with E-state index in [9.17, 15) is 14.7 Å². The first kappa shape index (κ1) is 16.3. The van der Waals surface area contributed by atoms with Crippen LogP contribution in [0.1, 0.15) is 20.7 Å². The number of carboxylic acid groups (broad SMARTS) is 1. The summed E-state index contributed by atoms with van der Waals surface area (Å²) in [5.41, 5.74) is 1.87. The highest BCUT2D eigenvalue weighted by Crippen LogP contribution is 2.28. The Hall–Kier alpha value is -3.60. The molecular formula is C20H16N2O3. The van der Waals surface area contributed by atoms with E-state index in [0.29, 0.717) is 11.3 Å². The molecule has 25 heavy (non-hydrogen) atoms. The zero-order valence-corrected chi connectivity index (χ0v) is 13.3. The Morgan fingerprint density at radius 2 is 1.32 bits per heavy atom. The summed E-state index contributed by atoms with van der Waals surface area (Å²) in [5.74, 6) is -1.48. The Labute approximate surface area is 144 Å². The predicted octanol–water partition coefficient (Wildman–Crippen LogP) is 4.38. The quantitative estimate of drug-likeness (QED) is 0.648. The summed E-state index contributed by atoms with van der Waals surface area (Å²) in [5, 5.41) is 15.4. The van der Waals surface area contributed by atoms with Crippen molar-refractivity contribution < 1.29 is 14.7 Å². The number of benzene rings is 3. The summed E-state index contributed by atoms with van der Waals surface area (Å²) in [7, 11) is 0. The molecule has 0 bridgehead atoms. The number of nitrogens with one attached hydrogen (secondary N) is 2. The first-order valence-corrected chi connectivity index (χ1v) is 7.70. The maximum absolute atomic E-state index is 12.3. The standard InChI is InChI=1S/C20H16N2O3/c23-19(14-8-3-1-4-9-14)22-17-13-7-12-16(18(17)20(24)25)21-15-10-5-2-6-11-15/h1-13,21H,(H,22,23)(H,24,25). The molecule has 0 spiro atoms. The van der Waals surface area contributed by atoms with Crippen LogP contribution in [0.5, 0.6) is 0 Å². The topological polar surface area (TPSA) is 78.4 Å². The summed E-state index contributed by atoms with van der Waals surface area (Å²) in [4.78, 5) is 24.1. The number of hydrogen-bond donors (Lipinski definition) is 3. The first-order chi connectivity index (χ1) is 12.1. The van der Waals surface area contributed by atoms with Crippen LogP contribution < -0.4 is 10.6 Å². The van der Waals surface area contributed by atoms with Gasteiger partial charge in [-0.25, -0.2) is 4.79 Å². The molecule has 0 aliphatic rings. The van der Waals surface area contributed by atoms with E-state index in [-0.39, 0.29) is 17.2 Å². The largest absolute Gasteiger partial charge is 0.478 e. The van der Waals surface area contributed by atoms with Crippen LogP contribution in [0.15, 0.2) is 78.9 Å². The van der Waals surface area contributed by atoms with Crippen LogP contribution in [0, 0.1) is 0 Å². The van der Waals surface area contributed by atoms with Crippen LogP contribution in [-0.4, -0.2) is 17.0 Å². The molecule has 0 aliphatic heterocycles. The third-order valence-corrected chi connectivity index (χ3v) is 3.62. The summed E-state index contributed by atoms with van der Waals surface area (Å²) in [6.07, 6.45) is 0. The van der Waals surface area contributed by atoms with Crippen LogP contribution in [0.25, 0.3) is 0 Å². The Bertz CT molecular complexity index is 893. The molecule has 0 saturated heterocycles. The molecule has 0 atom stereocenters. The van der Waals surface area contributed by atoms with Gasteiger partial charge in [-0.2, -0.15) is 0 Å². The van der Waals surface area contributed by atoms with Crippen molar-refractivity contribution in [3.63, 3.8) is 0 Å². The number of carbonyl (C=O) groups is 2. The van der Waals surface area contributed by atoms with Gasteiger partial charge in [0.15, 0.2) is 0 Å². The van der Waals surface area contributed by atoms with E-state index >= 15 is 0 Å². The van der Waals surface area contributed by atoms with Crippen LogP contribution in [-0.2, 0) is 0 Å². The van der Waals surface area contributed by atoms with Gasteiger partial charge in [-0.15, -0.1) is 0 Å². The lowest BCUT2D eigenvalue weighted by molar-refractivity contribution is 0.0699. The second kappa shape index (κ2) is 7.31. The molecule has 0 heterocycles. The molecule has 0 radical (unpaired) electrons. The van der Waals surface area contributed by atoms with Crippen LogP contribution in [0.3, 0.4) is 0 Å². The van der Waals surface area contributed by atoms with E-state index < -0.39 is 5.97 Å². The third-order valence-electron chi connectivity index (χ3n) is 3.62. The fourth-order valence-electron chi connectivity index (χ4n) is 2.45. The minimum atomic E-state index is -1.12. The van der Waals surface area contributed by atoms with Crippen molar-refractivity contribution in [3.05, 3.63) is 90.0 Å². The lowest BCUT2D eigenvalue weighted by Gasteiger charge is -2.14. The molecule has 3 aromatic rings. The number of anilines is 3. The van der Waals surface area contributed by atoms with E-state index in [1.165, 1.54) is 0 Å². The van der Waals surface area contributed by atoms with Gasteiger partial charge in [0.25, 0.3) is 5.91 Å². The van der Waals surface area contributed by atoms with Crippen molar-refractivity contribution in [2.24, 2.45) is 0 Å². The fraction of sp³-hybridized carbons (Fsp3) is 0. The van der Waals surface area contributed by atoms with Crippen molar-refractivity contribution in [1.29, 1.82) is 0 Å². The van der Waals surface area contributed by atoms with Crippen molar-refractivity contribution in [2.75, 3.05) is 10.6 Å². The zero-order chi connectivity index (χ0) is 17.6. The molecule has 5 nitrogen and oxygen atoms in total. The number of rotatable bonds is 5. The summed E-state index contributed by atoms with van der Waals surface area (Å²) >= 11 is 0. The van der Waals surface area contributed by atoms with Crippen molar-refractivity contribution >= 4 is 28.9 Å². The number of carboxylic acids is 1. The molecular weight excluding hydrogens is 316 g/mol. The van der Waals surface area contributed by atoms with Gasteiger partial charge in [0, 0.05) is 11.3 Å². The monoisotopic (exact) mass is 332 g/mol. The van der Waals surface area contributed by atoms with E-state index in [1.807, 2.05) is 36.4 Å². The lowest BCUT2D eigenvalue weighted by Crippen LogP contribution is -2.15. The smallest absolute Gasteiger partial charge is 0.339 e. The predicted molar refractivity (Wildman–Crippen MR) is 97.5 cm³/mol. The summed E-state index contributed by atoms with van der Waals surface area (Å²) in [6.45, 7) is 0. The minimum Gasteiger partial charge on any atom is -0.478 e. The Morgan fingerprint density at radius 1 is 0.720 bits per heavy atom. The van der Waals surface area contributed by atoms with Gasteiger partial charge in [-0.3, -0.25) is 4.79 Å². The fourth-order valence-corrected chi connectivity index (χ4v) is 2.45. The number of para-hydroxylation sites is 1. The molecule has 0 aliphatic carbocycles. The highest BCUT2D eigenvalue weighted by atomic mass is 16.4. The summed E-state index contributed by atoms with van der Waals surface area (Å²) < 4.78 is 0. The summed E-state index contributed by atoms with van der Waals surface area (Å²) in [6, 6.07) is 22.8. The van der Waals surface area contributed by atoms with Crippen molar-refractivity contribution in [1.82, 2.24) is 0 Å². The van der Waals surface area contributed by atoms with Gasteiger partial charge < -0.3 is 15.7 Å². The third kappa shape index (κ3) is 3.84. The second-order valence-electron chi connectivity index (χ2n) is 5.34. The molecule has 1 amide bonds. The Morgan fingerprint density at radius 3 is 1.96 bits per heavy atom. The number of carbonyl (C=O) groups excluding carboxylic acids is 1. The van der Waals surface area contributed by atoms with Crippen LogP contribution >= 0.6 is 0 Å². The molecule has 3 aromatic carbocycles. The second-order valence-corrected chi connectivity index (χ2v) is 5.34.